The summed E-state index contributed by atoms with van der Waals surface area (Å²) in [4.78, 5) is 10.4. The average Bonchev–Trinajstić information content (AvgIpc) is 2.87. The van der Waals surface area contributed by atoms with Gasteiger partial charge in [0.15, 0.2) is 0 Å². The molecular weight excluding hydrogens is 482 g/mol. The molecule has 0 bridgehead atoms. The first-order valence-electron chi connectivity index (χ1n) is 12.0. The molecule has 3 atom stereocenters. The van der Waals surface area contributed by atoms with E-state index in [2.05, 4.69) is 16.9 Å². The molecule has 1 aliphatic heterocycles. The van der Waals surface area contributed by atoms with Crippen LogP contribution in [-0.2, 0) is 11.2 Å². The summed E-state index contributed by atoms with van der Waals surface area (Å²) in [7, 11) is 0. The van der Waals surface area contributed by atoms with Gasteiger partial charge in [-0.1, -0.05) is 35.9 Å². The Kier molecular flexibility index (Phi) is 8.77. The molecule has 0 radical (unpaired) electrons. The minimum atomic E-state index is -0.486. The SMILES string of the molecule is CCOc1ccc(Cc2cc([C@H]3C[C@@H](O)C[C@@H](CNNc4ccc([N+](=O)[O-])cc4)O3)ccc2Cl)cc1. The number of aliphatic hydroxyl groups excluding tert-OH is 1. The summed E-state index contributed by atoms with van der Waals surface area (Å²) >= 11 is 6.51. The van der Waals surface area contributed by atoms with Gasteiger partial charge < -0.3 is 20.0 Å². The van der Waals surface area contributed by atoms with Gasteiger partial charge in [-0.05, 0) is 60.4 Å². The number of non-ortho nitro benzene ring substituents is 1. The van der Waals surface area contributed by atoms with E-state index in [0.29, 0.717) is 43.1 Å². The minimum absolute atomic E-state index is 0.0342. The summed E-state index contributed by atoms with van der Waals surface area (Å²) in [5.74, 6) is 0.841. The Labute approximate surface area is 215 Å². The molecular formula is C27H30ClN3O5. The smallest absolute Gasteiger partial charge is 0.269 e. The molecule has 0 aliphatic carbocycles. The van der Waals surface area contributed by atoms with E-state index in [4.69, 9.17) is 21.1 Å². The molecule has 3 aromatic rings. The quantitative estimate of drug-likeness (QED) is 0.246. The molecule has 4 rings (SSSR count). The van der Waals surface area contributed by atoms with Crippen LogP contribution in [0.3, 0.4) is 0 Å². The van der Waals surface area contributed by atoms with Crippen molar-refractivity contribution in [1.82, 2.24) is 5.43 Å². The van der Waals surface area contributed by atoms with Crippen molar-refractivity contribution in [2.45, 2.75) is 44.5 Å². The fourth-order valence-electron chi connectivity index (χ4n) is 4.29. The number of nitro benzene ring substituents is 1. The molecule has 3 N–H and O–H groups in total. The summed E-state index contributed by atoms with van der Waals surface area (Å²) in [6.45, 7) is 3.04. The van der Waals surface area contributed by atoms with Crippen molar-refractivity contribution in [1.29, 1.82) is 0 Å². The lowest BCUT2D eigenvalue weighted by molar-refractivity contribution is -0.384. The third-order valence-electron chi connectivity index (χ3n) is 6.09. The molecule has 36 heavy (non-hydrogen) atoms. The molecule has 1 fully saturated rings. The Morgan fingerprint density at radius 1 is 1.11 bits per heavy atom. The molecule has 9 heteroatoms. The number of nitro groups is 1. The second-order valence-electron chi connectivity index (χ2n) is 8.79. The Hall–Kier alpha value is -3.17. The van der Waals surface area contributed by atoms with Crippen molar-refractivity contribution in [3.63, 3.8) is 0 Å². The Balaban J connectivity index is 1.36. The minimum Gasteiger partial charge on any atom is -0.494 e. The molecule has 0 spiro atoms. The fourth-order valence-corrected chi connectivity index (χ4v) is 4.47. The number of rotatable bonds is 10. The van der Waals surface area contributed by atoms with E-state index in [0.717, 1.165) is 22.4 Å². The van der Waals surface area contributed by atoms with Crippen LogP contribution < -0.4 is 15.6 Å². The van der Waals surface area contributed by atoms with E-state index < -0.39 is 11.0 Å². The van der Waals surface area contributed by atoms with Crippen LogP contribution in [0.4, 0.5) is 11.4 Å². The van der Waals surface area contributed by atoms with E-state index in [1.165, 1.54) is 12.1 Å². The van der Waals surface area contributed by atoms with Crippen LogP contribution in [0.5, 0.6) is 5.75 Å². The molecule has 1 aliphatic rings. The monoisotopic (exact) mass is 511 g/mol. The van der Waals surface area contributed by atoms with E-state index in [1.54, 1.807) is 12.1 Å². The number of aliphatic hydroxyl groups is 1. The molecule has 8 nitrogen and oxygen atoms in total. The number of nitrogens with zero attached hydrogens (tertiary/aromatic N) is 1. The van der Waals surface area contributed by atoms with Gasteiger partial charge in [-0.2, -0.15) is 0 Å². The van der Waals surface area contributed by atoms with Gasteiger partial charge >= 0.3 is 0 Å². The number of benzene rings is 3. The van der Waals surface area contributed by atoms with Crippen molar-refractivity contribution in [2.75, 3.05) is 18.6 Å². The van der Waals surface area contributed by atoms with Gasteiger partial charge in [-0.25, -0.2) is 5.43 Å². The molecule has 0 aromatic heterocycles. The van der Waals surface area contributed by atoms with Gasteiger partial charge in [0.25, 0.3) is 5.69 Å². The van der Waals surface area contributed by atoms with Crippen molar-refractivity contribution < 1.29 is 19.5 Å². The lowest BCUT2D eigenvalue weighted by atomic mass is 9.94. The highest BCUT2D eigenvalue weighted by atomic mass is 35.5. The Morgan fingerprint density at radius 2 is 1.86 bits per heavy atom. The maximum absolute atomic E-state index is 10.8. The maximum atomic E-state index is 10.8. The second kappa shape index (κ2) is 12.2. The van der Waals surface area contributed by atoms with Crippen LogP contribution in [0.1, 0.15) is 42.6 Å². The maximum Gasteiger partial charge on any atom is 0.269 e. The Bertz CT molecular complexity index is 1160. The number of nitrogens with one attached hydrogen (secondary N) is 2. The predicted molar refractivity (Wildman–Crippen MR) is 139 cm³/mol. The third-order valence-corrected chi connectivity index (χ3v) is 6.46. The van der Waals surface area contributed by atoms with Crippen molar-refractivity contribution in [3.05, 3.63) is 98.6 Å². The lowest BCUT2D eigenvalue weighted by Crippen LogP contribution is -2.39. The topological polar surface area (TPSA) is 106 Å². The molecule has 190 valence electrons. The lowest BCUT2D eigenvalue weighted by Gasteiger charge is -2.34. The van der Waals surface area contributed by atoms with Crippen molar-refractivity contribution in [2.24, 2.45) is 0 Å². The van der Waals surface area contributed by atoms with Crippen LogP contribution in [0, 0.1) is 10.1 Å². The van der Waals surface area contributed by atoms with E-state index in [-0.39, 0.29) is 17.9 Å². The third kappa shape index (κ3) is 6.95. The summed E-state index contributed by atoms with van der Waals surface area (Å²) in [6, 6.07) is 20.0. The number of ether oxygens (including phenoxy) is 2. The average molecular weight is 512 g/mol. The van der Waals surface area contributed by atoms with Gasteiger partial charge in [0.05, 0.1) is 29.8 Å². The van der Waals surface area contributed by atoms with Crippen LogP contribution in [0.2, 0.25) is 5.02 Å². The number of hydrogen-bond acceptors (Lipinski definition) is 7. The number of anilines is 1. The summed E-state index contributed by atoms with van der Waals surface area (Å²) in [5.41, 5.74) is 9.95. The molecule has 0 saturated carbocycles. The molecule has 0 unspecified atom stereocenters. The van der Waals surface area contributed by atoms with E-state index in [1.807, 2.05) is 43.3 Å². The van der Waals surface area contributed by atoms with E-state index >= 15 is 0 Å². The molecule has 1 saturated heterocycles. The van der Waals surface area contributed by atoms with Gasteiger partial charge in [0.1, 0.15) is 5.75 Å². The first-order chi connectivity index (χ1) is 17.4. The normalized spacial score (nSPS) is 19.6. The van der Waals surface area contributed by atoms with Crippen LogP contribution in [-0.4, -0.2) is 35.4 Å². The van der Waals surface area contributed by atoms with Gasteiger partial charge in [0.2, 0.25) is 0 Å². The first-order valence-corrected chi connectivity index (χ1v) is 12.4. The molecule has 1 heterocycles. The highest BCUT2D eigenvalue weighted by molar-refractivity contribution is 6.31. The summed E-state index contributed by atoms with van der Waals surface area (Å²) in [6.07, 6.45) is 0.749. The number of hydrazine groups is 1. The van der Waals surface area contributed by atoms with Gasteiger partial charge in [-0.15, -0.1) is 0 Å². The first kappa shape index (κ1) is 25.9. The zero-order valence-electron chi connectivity index (χ0n) is 20.0. The zero-order valence-corrected chi connectivity index (χ0v) is 20.8. The Morgan fingerprint density at radius 3 is 2.56 bits per heavy atom. The van der Waals surface area contributed by atoms with E-state index in [9.17, 15) is 15.2 Å². The standard InChI is InChI=1S/C27H30ClN3O5/c1-2-35-24-10-3-18(4-11-24)13-20-14-19(5-12-26(20)28)27-16-23(32)15-25(36-27)17-29-30-21-6-8-22(9-7-21)31(33)34/h3-12,14,23,25,27,29-30,32H,2,13,15-17H2,1H3/t23-,25-,27+/m0/s1. The molecule has 3 aromatic carbocycles. The van der Waals surface area contributed by atoms with Crippen molar-refractivity contribution in [3.8, 4) is 5.75 Å². The van der Waals surface area contributed by atoms with Crippen LogP contribution >= 0.6 is 11.6 Å². The highest BCUT2D eigenvalue weighted by Crippen LogP contribution is 2.34. The fraction of sp³-hybridized carbons (Fsp3) is 0.333. The van der Waals surface area contributed by atoms with Crippen LogP contribution in [0.25, 0.3) is 0 Å². The highest BCUT2D eigenvalue weighted by Gasteiger charge is 2.29. The number of hydrogen-bond donors (Lipinski definition) is 3. The summed E-state index contributed by atoms with van der Waals surface area (Å²) < 4.78 is 11.8. The van der Waals surface area contributed by atoms with Gasteiger partial charge in [0, 0.05) is 42.2 Å². The molecule has 0 amide bonds. The van der Waals surface area contributed by atoms with Gasteiger partial charge in [-0.3, -0.25) is 10.1 Å². The number of halogens is 1. The van der Waals surface area contributed by atoms with Crippen LogP contribution in [0.15, 0.2) is 66.7 Å². The zero-order chi connectivity index (χ0) is 25.5. The predicted octanol–water partition coefficient (Wildman–Crippen LogP) is 5.44. The largest absolute Gasteiger partial charge is 0.494 e. The second-order valence-corrected chi connectivity index (χ2v) is 9.19. The van der Waals surface area contributed by atoms with Crippen molar-refractivity contribution >= 4 is 23.0 Å². The summed E-state index contributed by atoms with van der Waals surface area (Å²) in [5, 5.41) is 22.0.